The number of ether oxygens (including phenoxy) is 1. The van der Waals surface area contributed by atoms with Gasteiger partial charge in [0, 0.05) is 12.5 Å². The fraction of sp³-hybridized carbons (Fsp3) is 0.714. The molecule has 0 spiro atoms. The van der Waals surface area contributed by atoms with Crippen LogP contribution in [0.25, 0.3) is 0 Å². The summed E-state index contributed by atoms with van der Waals surface area (Å²) in [4.78, 5) is 19.9. The van der Waals surface area contributed by atoms with Crippen LogP contribution in [-0.4, -0.2) is 27.6 Å². The Hall–Kier alpha value is -1.10. The van der Waals surface area contributed by atoms with E-state index >= 15 is 0 Å². The lowest BCUT2D eigenvalue weighted by molar-refractivity contribution is 0.00616. The molecule has 1 aliphatic rings. The molecule has 106 valence electrons. The molecule has 0 aliphatic carbocycles. The third kappa shape index (κ3) is 2.91. The molecular weight excluding hydrogens is 260 g/mol. The average molecular weight is 282 g/mol. The summed E-state index contributed by atoms with van der Waals surface area (Å²) in [6.07, 6.45) is 0.577. The summed E-state index contributed by atoms with van der Waals surface area (Å²) >= 11 is 1.68. The number of rotatable bonds is 0. The maximum absolute atomic E-state index is 12.3. The molecule has 2 rings (SSSR count). The number of hydrogen-bond acceptors (Lipinski definition) is 4. The number of thiazole rings is 1. The van der Waals surface area contributed by atoms with Crippen LogP contribution in [-0.2, 0) is 11.2 Å². The molecule has 19 heavy (non-hydrogen) atoms. The zero-order valence-corrected chi connectivity index (χ0v) is 13.3. The number of aromatic nitrogens is 1. The molecule has 0 unspecified atom stereocenters. The van der Waals surface area contributed by atoms with Gasteiger partial charge >= 0.3 is 6.09 Å². The van der Waals surface area contributed by atoms with E-state index in [1.165, 1.54) is 4.88 Å². The van der Waals surface area contributed by atoms with Gasteiger partial charge in [0.15, 0.2) is 0 Å². The maximum atomic E-state index is 12.3. The second-order valence-corrected chi connectivity index (χ2v) is 7.40. The normalized spacial score (nSPS) is 23.2. The minimum atomic E-state index is -0.458. The third-order valence-corrected chi connectivity index (χ3v) is 4.38. The van der Waals surface area contributed by atoms with Crippen molar-refractivity contribution in [1.29, 1.82) is 0 Å². The van der Waals surface area contributed by atoms with Crippen molar-refractivity contribution in [3.05, 3.63) is 15.6 Å². The van der Waals surface area contributed by atoms with Gasteiger partial charge in [-0.2, -0.15) is 0 Å². The number of hydrogen-bond donors (Lipinski definition) is 0. The molecule has 0 saturated heterocycles. The Bertz CT molecular complexity index is 490. The van der Waals surface area contributed by atoms with Crippen molar-refractivity contribution < 1.29 is 9.53 Å². The molecule has 1 amide bonds. The molecule has 4 nitrogen and oxygen atoms in total. The van der Waals surface area contributed by atoms with Crippen LogP contribution in [0.4, 0.5) is 4.79 Å². The third-order valence-electron chi connectivity index (χ3n) is 3.20. The fourth-order valence-corrected chi connectivity index (χ4v) is 3.50. The lowest BCUT2D eigenvalue weighted by Crippen LogP contribution is -2.46. The van der Waals surface area contributed by atoms with Gasteiger partial charge in [-0.1, -0.05) is 0 Å². The number of carbonyl (C=O) groups is 1. The van der Waals surface area contributed by atoms with Crippen molar-refractivity contribution >= 4 is 17.4 Å². The van der Waals surface area contributed by atoms with E-state index in [1.807, 2.05) is 32.6 Å². The second kappa shape index (κ2) is 4.78. The van der Waals surface area contributed by atoms with E-state index < -0.39 is 5.60 Å². The van der Waals surface area contributed by atoms with Crippen LogP contribution >= 0.6 is 11.3 Å². The Morgan fingerprint density at radius 3 is 2.63 bits per heavy atom. The first-order valence-electron chi connectivity index (χ1n) is 6.66. The van der Waals surface area contributed by atoms with Crippen LogP contribution in [0.2, 0.25) is 0 Å². The number of nitrogens with zero attached hydrogens (tertiary/aromatic N) is 2. The van der Waals surface area contributed by atoms with E-state index in [0.29, 0.717) is 0 Å². The Labute approximate surface area is 118 Å². The van der Waals surface area contributed by atoms with Gasteiger partial charge in [-0.3, -0.25) is 4.90 Å². The first kappa shape index (κ1) is 14.3. The molecule has 5 heteroatoms. The van der Waals surface area contributed by atoms with Gasteiger partial charge in [-0.25, -0.2) is 9.78 Å². The second-order valence-electron chi connectivity index (χ2n) is 6.16. The first-order chi connectivity index (χ1) is 8.69. The summed E-state index contributed by atoms with van der Waals surface area (Å²) in [5.74, 6) is 0. The van der Waals surface area contributed by atoms with Gasteiger partial charge in [0.1, 0.15) is 5.60 Å². The number of aryl methyl sites for hydroxylation is 1. The van der Waals surface area contributed by atoms with Crippen LogP contribution < -0.4 is 0 Å². The van der Waals surface area contributed by atoms with Crippen LogP contribution in [0.5, 0.6) is 0 Å². The minimum Gasteiger partial charge on any atom is -0.444 e. The molecule has 0 aromatic carbocycles. The van der Waals surface area contributed by atoms with Gasteiger partial charge in [0.25, 0.3) is 0 Å². The molecule has 1 aromatic rings. The Kier molecular flexibility index (Phi) is 3.60. The van der Waals surface area contributed by atoms with E-state index in [2.05, 4.69) is 18.8 Å². The topological polar surface area (TPSA) is 42.4 Å². The predicted molar refractivity (Wildman–Crippen MR) is 76.5 cm³/mol. The highest BCUT2D eigenvalue weighted by Crippen LogP contribution is 2.37. The van der Waals surface area contributed by atoms with Crippen molar-refractivity contribution in [3.63, 3.8) is 0 Å². The van der Waals surface area contributed by atoms with E-state index in [9.17, 15) is 4.79 Å². The van der Waals surface area contributed by atoms with Crippen molar-refractivity contribution in [1.82, 2.24) is 9.88 Å². The van der Waals surface area contributed by atoms with Crippen molar-refractivity contribution in [2.24, 2.45) is 0 Å². The van der Waals surface area contributed by atoms with Gasteiger partial charge < -0.3 is 4.74 Å². The van der Waals surface area contributed by atoms with Gasteiger partial charge in [-0.05, 0) is 41.5 Å². The highest BCUT2D eigenvalue weighted by Gasteiger charge is 2.37. The molecule has 0 N–H and O–H groups in total. The molecular formula is C14H22N2O2S. The lowest BCUT2D eigenvalue weighted by Gasteiger charge is -2.38. The monoisotopic (exact) mass is 282 g/mol. The van der Waals surface area contributed by atoms with Crippen LogP contribution in [0.3, 0.4) is 0 Å². The number of carbonyl (C=O) groups excluding carboxylic acids is 1. The first-order valence-corrected chi connectivity index (χ1v) is 7.48. The van der Waals surface area contributed by atoms with Crippen molar-refractivity contribution in [3.8, 4) is 0 Å². The summed E-state index contributed by atoms with van der Waals surface area (Å²) in [5.41, 5.74) is 0.683. The molecule has 1 aliphatic heterocycles. The summed E-state index contributed by atoms with van der Waals surface area (Å²) in [6, 6.07) is 0.165. The van der Waals surface area contributed by atoms with Crippen molar-refractivity contribution in [2.75, 3.05) is 0 Å². The quantitative estimate of drug-likeness (QED) is 0.728. The molecule has 2 atom stereocenters. The summed E-state index contributed by atoms with van der Waals surface area (Å²) < 4.78 is 5.51. The molecule has 0 bridgehead atoms. The molecule has 0 radical (unpaired) electrons. The zero-order valence-electron chi connectivity index (χ0n) is 12.5. The van der Waals surface area contributed by atoms with Crippen molar-refractivity contribution in [2.45, 2.75) is 65.6 Å². The Morgan fingerprint density at radius 1 is 1.42 bits per heavy atom. The summed E-state index contributed by atoms with van der Waals surface area (Å²) in [5, 5.41) is 1.06. The largest absolute Gasteiger partial charge is 0.444 e. The van der Waals surface area contributed by atoms with E-state index in [-0.39, 0.29) is 18.2 Å². The van der Waals surface area contributed by atoms with Gasteiger partial charge in [0.05, 0.1) is 21.6 Å². The summed E-state index contributed by atoms with van der Waals surface area (Å²) in [7, 11) is 0. The van der Waals surface area contributed by atoms with Crippen LogP contribution in [0.15, 0.2) is 0 Å². The van der Waals surface area contributed by atoms with E-state index in [4.69, 9.17) is 4.74 Å². The number of fused-ring (bicyclic) bond motifs is 1. The highest BCUT2D eigenvalue weighted by atomic mass is 32.1. The smallest absolute Gasteiger partial charge is 0.411 e. The molecule has 1 aromatic heterocycles. The highest BCUT2D eigenvalue weighted by molar-refractivity contribution is 7.11. The van der Waals surface area contributed by atoms with Crippen LogP contribution in [0, 0.1) is 6.92 Å². The maximum Gasteiger partial charge on any atom is 0.411 e. The Balaban J connectivity index is 2.25. The number of amides is 1. The SMILES string of the molecule is Cc1nc2c(s1)[C@@H](C)N(C(=O)OC(C)(C)C)[C@H](C)C2. The molecule has 0 saturated carbocycles. The lowest BCUT2D eigenvalue weighted by atomic mass is 10.0. The zero-order chi connectivity index (χ0) is 14.4. The van der Waals surface area contributed by atoms with Gasteiger partial charge in [0.2, 0.25) is 0 Å². The minimum absolute atomic E-state index is 0.0415. The van der Waals surface area contributed by atoms with E-state index in [1.54, 1.807) is 11.3 Å². The predicted octanol–water partition coefficient (Wildman–Crippen LogP) is 3.69. The Morgan fingerprint density at radius 2 is 2.05 bits per heavy atom. The standard InChI is InChI=1S/C14H22N2O2S/c1-8-7-11-12(19-10(3)15-11)9(2)16(8)13(17)18-14(4,5)6/h8-9H,7H2,1-6H3/t8-,9-/m1/s1. The van der Waals surface area contributed by atoms with Gasteiger partial charge in [-0.15, -0.1) is 11.3 Å². The molecule has 0 fully saturated rings. The fourth-order valence-electron chi connectivity index (χ4n) is 2.50. The average Bonchev–Trinajstić information content (AvgIpc) is 2.55. The molecule has 2 heterocycles. The van der Waals surface area contributed by atoms with E-state index in [0.717, 1.165) is 17.1 Å². The van der Waals surface area contributed by atoms with Crippen LogP contribution in [0.1, 0.15) is 56.2 Å². The summed E-state index contributed by atoms with van der Waals surface area (Å²) in [6.45, 7) is 11.8.